The van der Waals surface area contributed by atoms with Crippen LogP contribution >= 0.6 is 11.5 Å². The standard InChI is InChI=1S/C14H18N4O2S/c1-3-9-6-5-7-16-10(9)8-17-13-11(12(15)18-21-13)14(19)20-4-2/h5-7,17H,3-4,8H2,1-2H3,(H2,15,18). The van der Waals surface area contributed by atoms with Gasteiger partial charge in [0, 0.05) is 6.20 Å². The molecule has 0 radical (unpaired) electrons. The molecule has 0 aromatic carbocycles. The first-order valence-corrected chi connectivity index (χ1v) is 7.53. The zero-order valence-electron chi connectivity index (χ0n) is 12.0. The summed E-state index contributed by atoms with van der Waals surface area (Å²) in [4.78, 5) is 16.2. The number of hydrogen-bond donors (Lipinski definition) is 2. The number of hydrogen-bond acceptors (Lipinski definition) is 7. The summed E-state index contributed by atoms with van der Waals surface area (Å²) >= 11 is 1.15. The van der Waals surface area contributed by atoms with E-state index in [2.05, 4.69) is 21.6 Å². The van der Waals surface area contributed by atoms with E-state index in [4.69, 9.17) is 10.5 Å². The van der Waals surface area contributed by atoms with Crippen LogP contribution in [-0.4, -0.2) is 21.9 Å². The van der Waals surface area contributed by atoms with Gasteiger partial charge in [0.2, 0.25) is 0 Å². The van der Waals surface area contributed by atoms with Gasteiger partial charge in [-0.05, 0) is 36.5 Å². The molecule has 0 amide bonds. The largest absolute Gasteiger partial charge is 0.462 e. The lowest BCUT2D eigenvalue weighted by atomic mass is 10.1. The van der Waals surface area contributed by atoms with Crippen molar-refractivity contribution >= 4 is 28.3 Å². The number of rotatable bonds is 6. The minimum absolute atomic E-state index is 0.192. The number of nitrogens with two attached hydrogens (primary N) is 1. The first kappa shape index (κ1) is 15.2. The summed E-state index contributed by atoms with van der Waals surface area (Å²) in [5.41, 5.74) is 8.16. The van der Waals surface area contributed by atoms with Gasteiger partial charge in [0.05, 0.1) is 18.8 Å². The normalized spacial score (nSPS) is 10.4. The maximum atomic E-state index is 11.9. The smallest absolute Gasteiger partial charge is 0.344 e. The predicted octanol–water partition coefficient (Wildman–Crippen LogP) is 2.47. The molecule has 0 unspecified atom stereocenters. The predicted molar refractivity (Wildman–Crippen MR) is 83.4 cm³/mol. The van der Waals surface area contributed by atoms with Crippen LogP contribution in [-0.2, 0) is 17.7 Å². The van der Waals surface area contributed by atoms with E-state index in [1.54, 1.807) is 13.1 Å². The zero-order chi connectivity index (χ0) is 15.2. The highest BCUT2D eigenvalue weighted by Gasteiger charge is 2.20. The lowest BCUT2D eigenvalue weighted by molar-refractivity contribution is 0.0529. The Morgan fingerprint density at radius 3 is 3.00 bits per heavy atom. The summed E-state index contributed by atoms with van der Waals surface area (Å²) < 4.78 is 9.01. The molecule has 112 valence electrons. The fourth-order valence-corrected chi connectivity index (χ4v) is 2.64. The molecule has 7 heteroatoms. The molecule has 2 aromatic heterocycles. The highest BCUT2D eigenvalue weighted by Crippen LogP contribution is 2.28. The van der Waals surface area contributed by atoms with Crippen molar-refractivity contribution in [1.82, 2.24) is 9.36 Å². The Labute approximate surface area is 127 Å². The second-order valence-electron chi connectivity index (χ2n) is 4.31. The Bertz CT molecular complexity index is 627. The topological polar surface area (TPSA) is 90.1 Å². The van der Waals surface area contributed by atoms with Gasteiger partial charge in [0.1, 0.15) is 10.6 Å². The van der Waals surface area contributed by atoms with E-state index < -0.39 is 5.97 Å². The summed E-state index contributed by atoms with van der Waals surface area (Å²) in [5, 5.41) is 3.79. The number of aromatic nitrogens is 2. The molecule has 0 saturated heterocycles. The number of aryl methyl sites for hydroxylation is 1. The van der Waals surface area contributed by atoms with Gasteiger partial charge in [0.25, 0.3) is 0 Å². The zero-order valence-corrected chi connectivity index (χ0v) is 12.9. The Hall–Kier alpha value is -2.15. The molecular formula is C14H18N4O2S. The van der Waals surface area contributed by atoms with Crippen LogP contribution in [0.2, 0.25) is 0 Å². The van der Waals surface area contributed by atoms with Crippen LogP contribution < -0.4 is 11.1 Å². The number of nitrogen functional groups attached to an aromatic ring is 1. The average molecular weight is 306 g/mol. The fourth-order valence-electron chi connectivity index (χ4n) is 1.94. The molecule has 0 aliphatic carbocycles. The minimum Gasteiger partial charge on any atom is -0.462 e. The van der Waals surface area contributed by atoms with Crippen LogP contribution in [0.25, 0.3) is 0 Å². The molecule has 0 bridgehead atoms. The fraction of sp³-hybridized carbons (Fsp3) is 0.357. The molecule has 21 heavy (non-hydrogen) atoms. The lowest BCUT2D eigenvalue weighted by Crippen LogP contribution is -2.11. The van der Waals surface area contributed by atoms with Crippen LogP contribution in [0.3, 0.4) is 0 Å². The monoisotopic (exact) mass is 306 g/mol. The number of carbonyl (C=O) groups is 1. The Kier molecular flexibility index (Phi) is 5.10. The summed E-state index contributed by atoms with van der Waals surface area (Å²) in [5.74, 6) is -0.263. The molecule has 0 saturated carbocycles. The SMILES string of the molecule is CCOC(=O)c1c(N)nsc1NCc1ncccc1CC. The molecule has 0 aliphatic rings. The first-order chi connectivity index (χ1) is 10.2. The van der Waals surface area contributed by atoms with Gasteiger partial charge >= 0.3 is 5.97 Å². The highest BCUT2D eigenvalue weighted by molar-refractivity contribution is 7.11. The quantitative estimate of drug-likeness (QED) is 0.797. The van der Waals surface area contributed by atoms with Crippen molar-refractivity contribution in [2.45, 2.75) is 26.8 Å². The van der Waals surface area contributed by atoms with Crippen molar-refractivity contribution in [1.29, 1.82) is 0 Å². The second kappa shape index (κ2) is 7.03. The van der Waals surface area contributed by atoms with Crippen molar-refractivity contribution in [3.05, 3.63) is 35.2 Å². The van der Waals surface area contributed by atoms with Gasteiger partial charge in [-0.15, -0.1) is 0 Å². The van der Waals surface area contributed by atoms with Crippen LogP contribution in [0.15, 0.2) is 18.3 Å². The number of esters is 1. The maximum absolute atomic E-state index is 11.9. The first-order valence-electron chi connectivity index (χ1n) is 6.76. The third-order valence-corrected chi connectivity index (χ3v) is 3.80. The minimum atomic E-state index is -0.456. The molecule has 0 atom stereocenters. The van der Waals surface area contributed by atoms with Crippen molar-refractivity contribution in [2.24, 2.45) is 0 Å². The molecule has 0 fully saturated rings. The van der Waals surface area contributed by atoms with Crippen LogP contribution in [0.5, 0.6) is 0 Å². The average Bonchev–Trinajstić information content (AvgIpc) is 2.86. The van der Waals surface area contributed by atoms with E-state index in [-0.39, 0.29) is 5.82 Å². The molecule has 2 heterocycles. The van der Waals surface area contributed by atoms with Crippen LogP contribution in [0, 0.1) is 0 Å². The number of carbonyl (C=O) groups excluding carboxylic acids is 1. The second-order valence-corrected chi connectivity index (χ2v) is 5.08. The van der Waals surface area contributed by atoms with Crippen LogP contribution in [0.4, 0.5) is 10.8 Å². The Balaban J connectivity index is 2.15. The molecule has 6 nitrogen and oxygen atoms in total. The summed E-state index contributed by atoms with van der Waals surface area (Å²) in [6.45, 7) is 4.64. The number of pyridine rings is 1. The van der Waals surface area contributed by atoms with E-state index >= 15 is 0 Å². The maximum Gasteiger partial charge on any atom is 0.344 e. The van der Waals surface area contributed by atoms with E-state index in [1.165, 1.54) is 5.56 Å². The van der Waals surface area contributed by atoms with Gasteiger partial charge in [-0.1, -0.05) is 13.0 Å². The van der Waals surface area contributed by atoms with Crippen molar-refractivity contribution in [2.75, 3.05) is 17.7 Å². The molecule has 0 aliphatic heterocycles. The van der Waals surface area contributed by atoms with Gasteiger partial charge < -0.3 is 15.8 Å². The molecule has 2 rings (SSSR count). The summed E-state index contributed by atoms with van der Waals surface area (Å²) in [6, 6.07) is 3.95. The number of ether oxygens (including phenoxy) is 1. The molecule has 0 spiro atoms. The lowest BCUT2D eigenvalue weighted by Gasteiger charge is -2.09. The van der Waals surface area contributed by atoms with E-state index in [9.17, 15) is 4.79 Å². The number of nitrogens with zero attached hydrogens (tertiary/aromatic N) is 2. The number of nitrogens with one attached hydrogen (secondary N) is 1. The molecule has 2 aromatic rings. The van der Waals surface area contributed by atoms with Gasteiger partial charge in [-0.25, -0.2) is 4.79 Å². The third kappa shape index (κ3) is 3.49. The molecule has 3 N–H and O–H groups in total. The third-order valence-electron chi connectivity index (χ3n) is 2.98. The summed E-state index contributed by atoms with van der Waals surface area (Å²) in [7, 11) is 0. The van der Waals surface area contributed by atoms with Crippen molar-refractivity contribution in [3.8, 4) is 0 Å². The number of anilines is 2. The highest BCUT2D eigenvalue weighted by atomic mass is 32.1. The van der Waals surface area contributed by atoms with E-state index in [0.717, 1.165) is 23.6 Å². The van der Waals surface area contributed by atoms with E-state index in [1.807, 2.05) is 12.1 Å². The molecular weight excluding hydrogens is 288 g/mol. The van der Waals surface area contributed by atoms with Crippen molar-refractivity contribution < 1.29 is 9.53 Å². The Morgan fingerprint density at radius 2 is 2.29 bits per heavy atom. The van der Waals surface area contributed by atoms with Gasteiger partial charge in [-0.3, -0.25) is 4.98 Å². The van der Waals surface area contributed by atoms with Crippen LogP contribution in [0.1, 0.15) is 35.5 Å². The summed E-state index contributed by atoms with van der Waals surface area (Å²) in [6.07, 6.45) is 2.66. The van der Waals surface area contributed by atoms with Crippen molar-refractivity contribution in [3.63, 3.8) is 0 Å². The Morgan fingerprint density at radius 1 is 1.48 bits per heavy atom. The van der Waals surface area contributed by atoms with E-state index in [0.29, 0.717) is 23.7 Å². The van der Waals surface area contributed by atoms with Gasteiger partial charge in [0.15, 0.2) is 5.82 Å². The van der Waals surface area contributed by atoms with Gasteiger partial charge in [-0.2, -0.15) is 4.37 Å².